The second-order valence-electron chi connectivity index (χ2n) is 6.01. The number of hydrogen-bond donors (Lipinski definition) is 0. The molecule has 1 aliphatic rings. The van der Waals surface area contributed by atoms with Gasteiger partial charge in [-0.2, -0.15) is 0 Å². The lowest BCUT2D eigenvalue weighted by molar-refractivity contribution is 0.00578. The number of ether oxygens (including phenoxy) is 1. The first kappa shape index (κ1) is 16.1. The molecule has 0 N–H and O–H groups in total. The summed E-state index contributed by atoms with van der Waals surface area (Å²) in [7, 11) is -0.308. The fraction of sp³-hybridized carbons (Fsp3) is 0.500. The van der Waals surface area contributed by atoms with Gasteiger partial charge >= 0.3 is 7.12 Å². The predicted molar refractivity (Wildman–Crippen MR) is 83.8 cm³/mol. The summed E-state index contributed by atoms with van der Waals surface area (Å²) in [6.07, 6.45) is 7.37. The van der Waals surface area contributed by atoms with E-state index in [1.165, 1.54) is 0 Å². The van der Waals surface area contributed by atoms with Gasteiger partial charge in [0.2, 0.25) is 0 Å². The molecule has 0 spiro atoms. The van der Waals surface area contributed by atoms with Crippen LogP contribution in [-0.4, -0.2) is 31.5 Å². The van der Waals surface area contributed by atoms with Crippen LogP contribution in [0.4, 0.5) is 0 Å². The molecule has 0 amide bonds. The van der Waals surface area contributed by atoms with Gasteiger partial charge in [-0.3, -0.25) is 0 Å². The molecule has 1 aromatic rings. The van der Waals surface area contributed by atoms with E-state index in [9.17, 15) is 0 Å². The normalized spacial score (nSPS) is 20.9. The van der Waals surface area contributed by atoms with Gasteiger partial charge in [0.15, 0.2) is 0 Å². The van der Waals surface area contributed by atoms with Crippen LogP contribution in [0.2, 0.25) is 0 Å². The van der Waals surface area contributed by atoms with Crippen molar-refractivity contribution in [3.8, 4) is 0 Å². The van der Waals surface area contributed by atoms with Crippen molar-refractivity contribution in [1.29, 1.82) is 0 Å². The highest BCUT2D eigenvalue weighted by Crippen LogP contribution is 2.36. The Morgan fingerprint density at radius 1 is 1.10 bits per heavy atom. The van der Waals surface area contributed by atoms with Crippen molar-refractivity contribution in [3.05, 3.63) is 42.3 Å². The molecule has 4 nitrogen and oxygen atoms in total. The van der Waals surface area contributed by atoms with Crippen LogP contribution < -0.4 is 0 Å². The third-order valence-electron chi connectivity index (χ3n) is 3.82. The molecular weight excluding hydrogens is 267 g/mol. The number of hydrogen-bond acceptors (Lipinski definition) is 4. The predicted octanol–water partition coefficient (Wildman–Crippen LogP) is 3.50. The standard InChI is InChI=1S/C16H23BO4/c1-15(2)16(3,4)21-17(20-15)10-7-12-18-11-5-8-14-9-6-13-19-14/h5-10,13H,11-12H2,1-4H3/b8-5+,10-7+. The lowest BCUT2D eigenvalue weighted by Gasteiger charge is -2.32. The summed E-state index contributed by atoms with van der Waals surface area (Å²) in [6.45, 7) is 9.21. The van der Waals surface area contributed by atoms with Crippen LogP contribution in [0.25, 0.3) is 6.08 Å². The molecule has 5 heteroatoms. The minimum Gasteiger partial charge on any atom is -0.465 e. The van der Waals surface area contributed by atoms with E-state index in [4.69, 9.17) is 18.5 Å². The molecule has 114 valence electrons. The van der Waals surface area contributed by atoms with E-state index < -0.39 is 0 Å². The highest BCUT2D eigenvalue weighted by Gasteiger charge is 2.49. The minimum atomic E-state index is -0.308. The maximum atomic E-state index is 5.85. The Bertz CT molecular complexity index is 472. The van der Waals surface area contributed by atoms with Gasteiger partial charge in [0.25, 0.3) is 0 Å². The van der Waals surface area contributed by atoms with E-state index in [0.717, 1.165) is 5.76 Å². The molecule has 2 heterocycles. The summed E-state index contributed by atoms with van der Waals surface area (Å²) in [6, 6.07) is 3.75. The topological polar surface area (TPSA) is 40.8 Å². The maximum absolute atomic E-state index is 5.85. The first-order chi connectivity index (χ1) is 9.91. The summed E-state index contributed by atoms with van der Waals surface area (Å²) >= 11 is 0. The Morgan fingerprint density at radius 2 is 1.76 bits per heavy atom. The van der Waals surface area contributed by atoms with Gasteiger partial charge in [-0.05, 0) is 45.9 Å². The Labute approximate surface area is 126 Å². The zero-order valence-corrected chi connectivity index (χ0v) is 13.2. The van der Waals surface area contributed by atoms with Crippen molar-refractivity contribution in [2.45, 2.75) is 38.9 Å². The molecule has 0 atom stereocenters. The van der Waals surface area contributed by atoms with Crippen molar-refractivity contribution < 1.29 is 18.5 Å². The first-order valence-corrected chi connectivity index (χ1v) is 7.21. The van der Waals surface area contributed by atoms with Crippen molar-refractivity contribution in [1.82, 2.24) is 0 Å². The Balaban J connectivity index is 1.65. The van der Waals surface area contributed by atoms with Crippen LogP contribution >= 0.6 is 0 Å². The van der Waals surface area contributed by atoms with Crippen molar-refractivity contribution in [3.63, 3.8) is 0 Å². The molecule has 0 bridgehead atoms. The van der Waals surface area contributed by atoms with Crippen LogP contribution in [0, 0.1) is 0 Å². The lowest BCUT2D eigenvalue weighted by atomic mass is 9.90. The summed E-state index contributed by atoms with van der Waals surface area (Å²) in [5, 5.41) is 0. The highest BCUT2D eigenvalue weighted by atomic mass is 16.7. The molecule has 2 rings (SSSR count). The molecule has 0 aromatic carbocycles. The summed E-state index contributed by atoms with van der Waals surface area (Å²) in [5.41, 5.74) is -0.594. The van der Waals surface area contributed by atoms with Gasteiger partial charge in [0.1, 0.15) is 5.76 Å². The SMILES string of the molecule is CC1(C)OB(/C=C/COC/C=C/c2ccco2)OC1(C)C. The zero-order chi connectivity index (χ0) is 15.3. The van der Waals surface area contributed by atoms with E-state index in [-0.39, 0.29) is 18.3 Å². The lowest BCUT2D eigenvalue weighted by Crippen LogP contribution is -2.41. The van der Waals surface area contributed by atoms with Gasteiger partial charge in [-0.15, -0.1) is 0 Å². The fourth-order valence-corrected chi connectivity index (χ4v) is 1.89. The Morgan fingerprint density at radius 3 is 2.38 bits per heavy atom. The summed E-state index contributed by atoms with van der Waals surface area (Å²) < 4.78 is 22.3. The zero-order valence-electron chi connectivity index (χ0n) is 13.2. The third kappa shape index (κ3) is 4.33. The largest absolute Gasteiger partial charge is 0.486 e. The molecule has 1 aromatic heterocycles. The van der Waals surface area contributed by atoms with E-state index in [0.29, 0.717) is 13.2 Å². The molecule has 0 unspecified atom stereocenters. The molecule has 0 saturated carbocycles. The second kappa shape index (κ2) is 6.64. The monoisotopic (exact) mass is 290 g/mol. The van der Waals surface area contributed by atoms with Gasteiger partial charge in [0, 0.05) is 0 Å². The maximum Gasteiger partial charge on any atom is 0.486 e. The molecule has 1 fully saturated rings. The molecule has 0 aliphatic carbocycles. The smallest absolute Gasteiger partial charge is 0.465 e. The van der Waals surface area contributed by atoms with E-state index in [1.807, 2.05) is 64.0 Å². The highest BCUT2D eigenvalue weighted by molar-refractivity contribution is 6.51. The van der Waals surface area contributed by atoms with Crippen LogP contribution in [0.3, 0.4) is 0 Å². The van der Waals surface area contributed by atoms with Crippen molar-refractivity contribution in [2.75, 3.05) is 13.2 Å². The summed E-state index contributed by atoms with van der Waals surface area (Å²) in [4.78, 5) is 0. The molecule has 0 radical (unpaired) electrons. The third-order valence-corrected chi connectivity index (χ3v) is 3.82. The van der Waals surface area contributed by atoms with Crippen molar-refractivity contribution in [2.24, 2.45) is 0 Å². The quantitative estimate of drug-likeness (QED) is 0.594. The number of furan rings is 1. The van der Waals surface area contributed by atoms with Gasteiger partial charge in [-0.25, -0.2) is 0 Å². The van der Waals surface area contributed by atoms with E-state index in [2.05, 4.69) is 0 Å². The molecule has 1 aliphatic heterocycles. The first-order valence-electron chi connectivity index (χ1n) is 7.21. The van der Waals surface area contributed by atoms with Crippen molar-refractivity contribution >= 4 is 13.2 Å². The van der Waals surface area contributed by atoms with Gasteiger partial charge < -0.3 is 18.5 Å². The Kier molecular flexibility index (Phi) is 5.09. The van der Waals surface area contributed by atoms with Crippen LogP contribution in [-0.2, 0) is 14.0 Å². The van der Waals surface area contributed by atoms with Gasteiger partial charge in [-0.1, -0.05) is 18.1 Å². The van der Waals surface area contributed by atoms with Crippen LogP contribution in [0.5, 0.6) is 0 Å². The van der Waals surface area contributed by atoms with Gasteiger partial charge in [0.05, 0.1) is 30.7 Å². The van der Waals surface area contributed by atoms with Crippen LogP contribution in [0.1, 0.15) is 33.5 Å². The summed E-state index contributed by atoms with van der Waals surface area (Å²) in [5.74, 6) is 2.72. The minimum absolute atomic E-state index is 0.297. The van der Waals surface area contributed by atoms with E-state index >= 15 is 0 Å². The second-order valence-corrected chi connectivity index (χ2v) is 6.01. The number of rotatable bonds is 6. The molecule has 1 saturated heterocycles. The van der Waals surface area contributed by atoms with E-state index in [1.54, 1.807) is 6.26 Å². The fourth-order valence-electron chi connectivity index (χ4n) is 1.89. The molecule has 21 heavy (non-hydrogen) atoms. The average molecular weight is 290 g/mol. The average Bonchev–Trinajstić information content (AvgIpc) is 2.95. The Hall–Kier alpha value is -1.30. The molecular formula is C16H23BO4. The van der Waals surface area contributed by atoms with Crippen LogP contribution in [0.15, 0.2) is 40.9 Å².